The Balaban J connectivity index is 2.65. The van der Waals surface area contributed by atoms with Crippen molar-refractivity contribution in [2.24, 2.45) is 0 Å². The van der Waals surface area contributed by atoms with Gasteiger partial charge in [0.05, 0.1) is 12.8 Å². The van der Waals surface area contributed by atoms with Gasteiger partial charge in [0.25, 0.3) is 8.32 Å². The Morgan fingerprint density at radius 1 is 0.963 bits per heavy atom. The van der Waals surface area contributed by atoms with Crippen LogP contribution in [0, 0.1) is 0 Å². The van der Waals surface area contributed by atoms with Gasteiger partial charge in [0.15, 0.2) is 0 Å². The maximum atomic E-state index is 10.8. The second-order valence-electron chi connectivity index (χ2n) is 8.62. The van der Waals surface area contributed by atoms with Crippen LogP contribution in [0.15, 0.2) is 42.5 Å². The molecule has 0 aliphatic rings. The van der Waals surface area contributed by atoms with Crippen LogP contribution >= 0.6 is 0 Å². The molecule has 0 heterocycles. The van der Waals surface area contributed by atoms with Crippen molar-refractivity contribution in [1.82, 2.24) is 0 Å². The topological polar surface area (TPSA) is 41.9 Å². The van der Waals surface area contributed by atoms with Gasteiger partial charge in [0.2, 0.25) is 0 Å². The van der Waals surface area contributed by atoms with Crippen molar-refractivity contribution in [3.05, 3.63) is 42.5 Å². The van der Waals surface area contributed by atoms with Gasteiger partial charge in [0.1, 0.15) is 22.9 Å². The molecule has 0 aliphatic carbocycles. The van der Waals surface area contributed by atoms with Crippen LogP contribution in [-0.4, -0.2) is 26.6 Å². The van der Waals surface area contributed by atoms with Crippen LogP contribution < -0.4 is 14.1 Å². The molecular formula is C22H33NO3Si. The van der Waals surface area contributed by atoms with Gasteiger partial charge < -0.3 is 19.2 Å². The molecule has 2 aromatic rings. The van der Waals surface area contributed by atoms with E-state index in [0.717, 1.165) is 11.4 Å². The van der Waals surface area contributed by atoms with E-state index in [9.17, 15) is 5.11 Å². The molecule has 0 saturated heterocycles. The second-order valence-corrected chi connectivity index (χ2v) is 13.3. The molecule has 4 nitrogen and oxygen atoms in total. The third kappa shape index (κ3) is 4.41. The molecule has 5 heteroatoms. The van der Waals surface area contributed by atoms with Gasteiger partial charge in [0, 0.05) is 6.04 Å². The van der Waals surface area contributed by atoms with Crippen LogP contribution in [0.1, 0.15) is 34.6 Å². The zero-order chi connectivity index (χ0) is 20.4. The summed E-state index contributed by atoms with van der Waals surface area (Å²) in [5.41, 5.74) is 1.58. The van der Waals surface area contributed by atoms with E-state index in [1.54, 1.807) is 13.2 Å². The summed E-state index contributed by atoms with van der Waals surface area (Å²) >= 11 is 0. The molecule has 0 amide bonds. The highest BCUT2D eigenvalue weighted by Gasteiger charge is 2.40. The normalized spacial score (nSPS) is 12.2. The summed E-state index contributed by atoms with van der Waals surface area (Å²) in [6.07, 6.45) is 0. The predicted molar refractivity (Wildman–Crippen MR) is 116 cm³/mol. The summed E-state index contributed by atoms with van der Waals surface area (Å²) in [7, 11) is -0.411. The molecule has 2 rings (SSSR count). The number of benzene rings is 2. The fraction of sp³-hybridized carbons (Fsp3) is 0.455. The Morgan fingerprint density at radius 2 is 1.56 bits per heavy atom. The first-order chi connectivity index (χ1) is 12.5. The van der Waals surface area contributed by atoms with Gasteiger partial charge in [-0.25, -0.2) is 0 Å². The Labute approximate surface area is 164 Å². The van der Waals surface area contributed by atoms with E-state index in [2.05, 4.69) is 52.6 Å². The van der Waals surface area contributed by atoms with Crippen molar-refractivity contribution in [3.8, 4) is 17.2 Å². The van der Waals surface area contributed by atoms with E-state index in [-0.39, 0.29) is 16.8 Å². The van der Waals surface area contributed by atoms with Crippen LogP contribution in [0.4, 0.5) is 11.4 Å². The number of phenols is 1. The Bertz CT molecular complexity index is 781. The van der Waals surface area contributed by atoms with Crippen LogP contribution in [0.5, 0.6) is 17.2 Å². The Morgan fingerprint density at radius 3 is 2.11 bits per heavy atom. The Kier molecular flexibility index (Phi) is 6.15. The van der Waals surface area contributed by atoms with E-state index >= 15 is 0 Å². The van der Waals surface area contributed by atoms with E-state index in [0.29, 0.717) is 11.4 Å². The first-order valence-electron chi connectivity index (χ1n) is 9.43. The van der Waals surface area contributed by atoms with Gasteiger partial charge >= 0.3 is 0 Å². The summed E-state index contributed by atoms with van der Waals surface area (Å²) in [4.78, 5) is 2.08. The highest BCUT2D eigenvalue weighted by Crippen LogP contribution is 2.47. The number of rotatable bonds is 6. The summed E-state index contributed by atoms with van der Waals surface area (Å²) in [6, 6.07) is 13.4. The zero-order valence-corrected chi connectivity index (χ0v) is 18.8. The molecule has 0 radical (unpaired) electrons. The van der Waals surface area contributed by atoms with E-state index in [1.807, 2.05) is 36.4 Å². The lowest BCUT2D eigenvalue weighted by molar-refractivity contribution is 0.414. The fourth-order valence-corrected chi connectivity index (χ4v) is 3.77. The van der Waals surface area contributed by atoms with Crippen molar-refractivity contribution in [2.75, 3.05) is 12.0 Å². The van der Waals surface area contributed by atoms with Crippen LogP contribution in [0.25, 0.3) is 0 Å². The minimum atomic E-state index is -2.07. The van der Waals surface area contributed by atoms with Gasteiger partial charge in [-0.15, -0.1) is 0 Å². The highest BCUT2D eigenvalue weighted by molar-refractivity contribution is 6.74. The van der Waals surface area contributed by atoms with Gasteiger partial charge in [-0.3, -0.25) is 0 Å². The molecule has 0 bridgehead atoms. The molecule has 148 valence electrons. The van der Waals surface area contributed by atoms with Gasteiger partial charge in [-0.1, -0.05) is 39.0 Å². The maximum absolute atomic E-state index is 10.8. The third-order valence-corrected chi connectivity index (χ3v) is 9.59. The van der Waals surface area contributed by atoms with Crippen LogP contribution in [-0.2, 0) is 0 Å². The number of para-hydroxylation sites is 3. The number of anilines is 2. The molecule has 0 fully saturated rings. The highest BCUT2D eigenvalue weighted by atomic mass is 28.4. The van der Waals surface area contributed by atoms with Crippen molar-refractivity contribution in [1.29, 1.82) is 0 Å². The monoisotopic (exact) mass is 387 g/mol. The number of nitrogens with zero attached hydrogens (tertiary/aromatic N) is 1. The number of phenolic OH excluding ortho intramolecular Hbond substituents is 1. The standard InChI is InChI=1S/C22H33NO3Si/c1-16(2)23(17-12-9-10-14-19(17)25-6)21-18(24)13-11-15-20(21)26-27(7,8)22(3,4)5/h9-16,24H,1-8H3. The molecular weight excluding hydrogens is 354 g/mol. The maximum Gasteiger partial charge on any atom is 0.250 e. The van der Waals surface area contributed by atoms with Crippen molar-refractivity contribution in [3.63, 3.8) is 0 Å². The second kappa shape index (κ2) is 7.85. The van der Waals surface area contributed by atoms with Gasteiger partial charge in [-0.2, -0.15) is 0 Å². The smallest absolute Gasteiger partial charge is 0.250 e. The molecule has 0 unspecified atom stereocenters. The van der Waals surface area contributed by atoms with Crippen molar-refractivity contribution >= 4 is 19.7 Å². The largest absolute Gasteiger partial charge is 0.542 e. The molecule has 1 N–H and O–H groups in total. The van der Waals surface area contributed by atoms with Crippen LogP contribution in [0.3, 0.4) is 0 Å². The predicted octanol–water partition coefficient (Wildman–Crippen LogP) is 6.33. The lowest BCUT2D eigenvalue weighted by Gasteiger charge is -2.39. The average Bonchev–Trinajstić information content (AvgIpc) is 2.56. The first kappa shape index (κ1) is 21.2. The lowest BCUT2D eigenvalue weighted by Crippen LogP contribution is -2.44. The summed E-state index contributed by atoms with van der Waals surface area (Å²) in [5.74, 6) is 1.67. The number of methoxy groups -OCH3 is 1. The number of aromatic hydroxyl groups is 1. The molecule has 0 atom stereocenters. The van der Waals surface area contributed by atoms with E-state index in [1.165, 1.54) is 0 Å². The fourth-order valence-electron chi connectivity index (χ4n) is 2.75. The average molecular weight is 388 g/mol. The summed E-state index contributed by atoms with van der Waals surface area (Å²) in [6.45, 7) is 15.2. The van der Waals surface area contributed by atoms with E-state index < -0.39 is 8.32 Å². The SMILES string of the molecule is COc1ccccc1N(c1c(O)cccc1O[Si](C)(C)C(C)(C)C)C(C)C. The van der Waals surface area contributed by atoms with Crippen molar-refractivity contribution < 1.29 is 14.3 Å². The molecule has 0 aliphatic heterocycles. The number of hydrogen-bond donors (Lipinski definition) is 1. The zero-order valence-electron chi connectivity index (χ0n) is 17.8. The molecule has 27 heavy (non-hydrogen) atoms. The molecule has 0 aromatic heterocycles. The minimum absolute atomic E-state index is 0.0584. The van der Waals surface area contributed by atoms with E-state index in [4.69, 9.17) is 9.16 Å². The van der Waals surface area contributed by atoms with Crippen molar-refractivity contribution in [2.45, 2.75) is 58.8 Å². The number of ether oxygens (including phenoxy) is 1. The molecule has 0 spiro atoms. The summed E-state index contributed by atoms with van der Waals surface area (Å²) < 4.78 is 12.2. The summed E-state index contributed by atoms with van der Waals surface area (Å²) in [5, 5.41) is 10.8. The van der Waals surface area contributed by atoms with Crippen LogP contribution in [0.2, 0.25) is 18.1 Å². The Hall–Kier alpha value is -2.14. The number of hydrogen-bond acceptors (Lipinski definition) is 4. The lowest BCUT2D eigenvalue weighted by atomic mass is 10.1. The molecule has 0 saturated carbocycles. The quantitative estimate of drug-likeness (QED) is 0.588. The first-order valence-corrected chi connectivity index (χ1v) is 12.3. The molecule has 2 aromatic carbocycles. The minimum Gasteiger partial charge on any atom is -0.542 e. The third-order valence-electron chi connectivity index (χ3n) is 5.25. The van der Waals surface area contributed by atoms with Gasteiger partial charge in [-0.05, 0) is 56.2 Å².